The highest BCUT2D eigenvalue weighted by Crippen LogP contribution is 2.30. The van der Waals surface area contributed by atoms with Crippen molar-refractivity contribution in [2.45, 2.75) is 51.0 Å². The summed E-state index contributed by atoms with van der Waals surface area (Å²) in [7, 11) is 1.97. The Hall–Kier alpha value is -2.40. The SMILES string of the molecule is Cn1ncc2c3c(c(=O)n(C4CCN(CCc5ccccc5)CC4)c21)CCCC3. The molecule has 2 aromatic heterocycles. The fourth-order valence-electron chi connectivity index (χ4n) is 5.28. The Morgan fingerprint density at radius 1 is 1.03 bits per heavy atom. The van der Waals surface area contributed by atoms with Crippen molar-refractivity contribution in [3.05, 3.63) is 63.6 Å². The molecule has 2 aliphatic rings. The maximum absolute atomic E-state index is 13.5. The van der Waals surface area contributed by atoms with E-state index in [1.54, 1.807) is 0 Å². The fraction of sp³-hybridized carbons (Fsp3) is 0.500. The first-order valence-corrected chi connectivity index (χ1v) is 11.1. The summed E-state index contributed by atoms with van der Waals surface area (Å²) in [5.41, 5.74) is 5.00. The number of aromatic nitrogens is 3. The Bertz CT molecular complexity index is 1060. The van der Waals surface area contributed by atoms with Crippen molar-refractivity contribution in [2.75, 3.05) is 19.6 Å². The average Bonchev–Trinajstić information content (AvgIpc) is 3.15. The highest BCUT2D eigenvalue weighted by atomic mass is 16.1. The standard InChI is InChI=1S/C24H30N4O/c1-26-23-22(17-25-26)20-9-5-6-10-21(20)24(29)28(23)19-12-15-27(16-13-19)14-11-18-7-3-2-4-8-18/h2-4,7-8,17,19H,5-6,9-16H2,1H3. The van der Waals surface area contributed by atoms with Gasteiger partial charge in [0.05, 0.1) is 6.20 Å². The molecule has 0 radical (unpaired) electrons. The molecule has 3 aromatic rings. The van der Waals surface area contributed by atoms with Crippen LogP contribution in [-0.4, -0.2) is 38.9 Å². The van der Waals surface area contributed by atoms with Gasteiger partial charge in [0, 0.05) is 43.7 Å². The minimum atomic E-state index is 0.249. The predicted molar refractivity (Wildman–Crippen MR) is 116 cm³/mol. The van der Waals surface area contributed by atoms with Crippen molar-refractivity contribution < 1.29 is 0 Å². The molecule has 5 heteroatoms. The van der Waals surface area contributed by atoms with Gasteiger partial charge in [-0.2, -0.15) is 5.10 Å². The van der Waals surface area contributed by atoms with Gasteiger partial charge in [-0.1, -0.05) is 30.3 Å². The van der Waals surface area contributed by atoms with Crippen molar-refractivity contribution >= 4 is 11.0 Å². The monoisotopic (exact) mass is 390 g/mol. The van der Waals surface area contributed by atoms with Gasteiger partial charge in [0.2, 0.25) is 0 Å². The Morgan fingerprint density at radius 3 is 2.52 bits per heavy atom. The highest BCUT2D eigenvalue weighted by Gasteiger charge is 2.27. The van der Waals surface area contributed by atoms with Crippen molar-refractivity contribution in [3.63, 3.8) is 0 Å². The van der Waals surface area contributed by atoms with E-state index < -0.39 is 0 Å². The number of nitrogens with zero attached hydrogens (tertiary/aromatic N) is 4. The van der Waals surface area contributed by atoms with E-state index in [1.165, 1.54) is 22.9 Å². The molecule has 0 atom stereocenters. The zero-order chi connectivity index (χ0) is 19.8. The lowest BCUT2D eigenvalue weighted by Crippen LogP contribution is -2.40. The van der Waals surface area contributed by atoms with E-state index in [2.05, 4.69) is 44.9 Å². The maximum atomic E-state index is 13.5. The number of hydrogen-bond donors (Lipinski definition) is 0. The smallest absolute Gasteiger partial charge is 0.255 e. The molecule has 0 bridgehead atoms. The summed E-state index contributed by atoms with van der Waals surface area (Å²) >= 11 is 0. The number of hydrogen-bond acceptors (Lipinski definition) is 3. The van der Waals surface area contributed by atoms with Crippen LogP contribution in [0.5, 0.6) is 0 Å². The molecule has 1 aliphatic heterocycles. The van der Waals surface area contributed by atoms with Crippen LogP contribution in [0.25, 0.3) is 11.0 Å². The summed E-state index contributed by atoms with van der Waals surface area (Å²) in [6, 6.07) is 11.0. The Morgan fingerprint density at radius 2 is 1.76 bits per heavy atom. The van der Waals surface area contributed by atoms with Crippen molar-refractivity contribution in [3.8, 4) is 0 Å². The minimum Gasteiger partial charge on any atom is -0.303 e. The maximum Gasteiger partial charge on any atom is 0.255 e. The average molecular weight is 391 g/mol. The second-order valence-electron chi connectivity index (χ2n) is 8.65. The molecule has 1 aromatic carbocycles. The quantitative estimate of drug-likeness (QED) is 0.685. The molecule has 29 heavy (non-hydrogen) atoms. The van der Waals surface area contributed by atoms with Gasteiger partial charge in [0.25, 0.3) is 5.56 Å². The van der Waals surface area contributed by atoms with Gasteiger partial charge in [-0.05, 0) is 56.1 Å². The lowest BCUT2D eigenvalue weighted by Gasteiger charge is -2.34. The molecule has 1 aliphatic carbocycles. The summed E-state index contributed by atoms with van der Waals surface area (Å²) in [5, 5.41) is 5.73. The van der Waals surface area contributed by atoms with E-state index in [1.807, 2.05) is 17.9 Å². The van der Waals surface area contributed by atoms with Gasteiger partial charge in [-0.15, -0.1) is 0 Å². The lowest BCUT2D eigenvalue weighted by atomic mass is 9.90. The number of aryl methyl sites for hydroxylation is 2. The lowest BCUT2D eigenvalue weighted by molar-refractivity contribution is 0.188. The molecule has 1 fully saturated rings. The summed E-state index contributed by atoms with van der Waals surface area (Å²) in [5.74, 6) is 0. The molecule has 0 amide bonds. The van der Waals surface area contributed by atoms with Crippen LogP contribution < -0.4 is 5.56 Å². The second kappa shape index (κ2) is 7.79. The molecule has 3 heterocycles. The van der Waals surface area contributed by atoms with Crippen LogP contribution in [0.2, 0.25) is 0 Å². The first-order valence-electron chi connectivity index (χ1n) is 11.1. The zero-order valence-electron chi connectivity index (χ0n) is 17.3. The van der Waals surface area contributed by atoms with Crippen LogP contribution in [0.15, 0.2) is 41.3 Å². The van der Waals surface area contributed by atoms with Crippen LogP contribution in [0, 0.1) is 0 Å². The zero-order valence-corrected chi connectivity index (χ0v) is 17.3. The number of rotatable bonds is 4. The van der Waals surface area contributed by atoms with Crippen LogP contribution in [-0.2, 0) is 26.3 Å². The Kier molecular flexibility index (Phi) is 5.00. The molecule has 0 unspecified atom stereocenters. The van der Waals surface area contributed by atoms with Crippen molar-refractivity contribution in [1.29, 1.82) is 0 Å². The summed E-state index contributed by atoms with van der Waals surface area (Å²) in [6.07, 6.45) is 9.40. The number of pyridine rings is 1. The van der Waals surface area contributed by atoms with E-state index >= 15 is 0 Å². The summed E-state index contributed by atoms with van der Waals surface area (Å²) < 4.78 is 4.01. The van der Waals surface area contributed by atoms with Gasteiger partial charge in [0.1, 0.15) is 5.65 Å². The fourth-order valence-corrected chi connectivity index (χ4v) is 5.28. The molecule has 5 rings (SSSR count). The predicted octanol–water partition coefficient (Wildman–Crippen LogP) is 3.49. The minimum absolute atomic E-state index is 0.249. The molecule has 0 saturated carbocycles. The van der Waals surface area contributed by atoms with Gasteiger partial charge in [-0.25, -0.2) is 0 Å². The van der Waals surface area contributed by atoms with E-state index in [0.29, 0.717) is 0 Å². The number of fused-ring (bicyclic) bond motifs is 3. The second-order valence-corrected chi connectivity index (χ2v) is 8.65. The summed E-state index contributed by atoms with van der Waals surface area (Å²) in [4.78, 5) is 16.0. The number of benzene rings is 1. The molecule has 0 N–H and O–H groups in total. The first kappa shape index (κ1) is 18.6. The Labute approximate surface area is 171 Å². The van der Waals surface area contributed by atoms with Crippen LogP contribution >= 0.6 is 0 Å². The van der Waals surface area contributed by atoms with E-state index in [-0.39, 0.29) is 11.6 Å². The molecule has 1 saturated heterocycles. The topological polar surface area (TPSA) is 43.1 Å². The van der Waals surface area contributed by atoms with Gasteiger partial charge < -0.3 is 4.90 Å². The van der Waals surface area contributed by atoms with Gasteiger partial charge in [-0.3, -0.25) is 14.0 Å². The number of piperidine rings is 1. The largest absolute Gasteiger partial charge is 0.303 e. The third kappa shape index (κ3) is 3.42. The molecule has 5 nitrogen and oxygen atoms in total. The van der Waals surface area contributed by atoms with Crippen LogP contribution in [0.4, 0.5) is 0 Å². The molecule has 152 valence electrons. The number of likely N-dealkylation sites (tertiary alicyclic amines) is 1. The van der Waals surface area contributed by atoms with Crippen LogP contribution in [0.3, 0.4) is 0 Å². The van der Waals surface area contributed by atoms with Crippen molar-refractivity contribution in [2.24, 2.45) is 7.05 Å². The van der Waals surface area contributed by atoms with E-state index in [0.717, 1.165) is 69.4 Å². The van der Waals surface area contributed by atoms with Gasteiger partial charge >= 0.3 is 0 Å². The Balaban J connectivity index is 1.38. The normalized spacial score (nSPS) is 18.2. The van der Waals surface area contributed by atoms with Crippen molar-refractivity contribution in [1.82, 2.24) is 19.2 Å². The van der Waals surface area contributed by atoms with Gasteiger partial charge in [0.15, 0.2) is 0 Å². The highest BCUT2D eigenvalue weighted by molar-refractivity contribution is 5.80. The third-order valence-corrected chi connectivity index (χ3v) is 6.89. The molecular formula is C24H30N4O. The van der Waals surface area contributed by atoms with E-state index in [9.17, 15) is 4.79 Å². The molecule has 0 spiro atoms. The van der Waals surface area contributed by atoms with Crippen LogP contribution in [0.1, 0.15) is 48.4 Å². The van der Waals surface area contributed by atoms with E-state index in [4.69, 9.17) is 0 Å². The summed E-state index contributed by atoms with van der Waals surface area (Å²) in [6.45, 7) is 3.21. The first-order chi connectivity index (χ1) is 14.2. The third-order valence-electron chi connectivity index (χ3n) is 6.89. The molecular weight excluding hydrogens is 360 g/mol.